The van der Waals surface area contributed by atoms with Gasteiger partial charge >= 0.3 is 18.8 Å². The molecule has 2 aliphatic rings. The number of amides is 4. The van der Waals surface area contributed by atoms with E-state index in [-0.39, 0.29) is 36.7 Å². The Morgan fingerprint density at radius 1 is 1.00 bits per heavy atom. The molecule has 304 valence electrons. The third kappa shape index (κ3) is 11.2. The first-order chi connectivity index (χ1) is 25.5. The summed E-state index contributed by atoms with van der Waals surface area (Å²) >= 11 is 5.87. The molecule has 0 spiro atoms. The number of carbonyl (C=O) groups is 4. The van der Waals surface area contributed by atoms with Crippen LogP contribution in [0.5, 0.6) is 5.75 Å². The van der Waals surface area contributed by atoms with Crippen molar-refractivity contribution in [3.05, 3.63) is 58.1 Å². The van der Waals surface area contributed by atoms with Crippen LogP contribution in [0.2, 0.25) is 5.02 Å². The number of fused-ring (bicyclic) bond motifs is 1. The van der Waals surface area contributed by atoms with Crippen molar-refractivity contribution in [1.82, 2.24) is 15.1 Å². The van der Waals surface area contributed by atoms with Crippen LogP contribution in [0, 0.1) is 5.92 Å². The predicted octanol–water partition coefficient (Wildman–Crippen LogP) is 7.68. The van der Waals surface area contributed by atoms with Gasteiger partial charge in [0.2, 0.25) is 5.91 Å². The first kappa shape index (κ1) is 43.6. The Morgan fingerprint density at radius 2 is 1.62 bits per heavy atom. The van der Waals surface area contributed by atoms with E-state index < -0.39 is 90.9 Å². The van der Waals surface area contributed by atoms with Crippen molar-refractivity contribution >= 4 is 40.9 Å². The monoisotopic (exact) mass is 810 g/mol. The number of hydrogen-bond acceptors (Lipinski definition) is 5. The first-order valence-electron chi connectivity index (χ1n) is 17.7. The number of nitrogens with zero attached hydrogens (tertiary/aromatic N) is 3. The molecule has 2 aromatic carbocycles. The standard InChI is InChI=1S/C37H43ClF8N4O5/c1-21(2)50(25-11-7-22(8-12-25)13-15-48(20-36(41,42)43)30(51)17-23-5-9-24(38)10-6-23)33(53)26-18-28-29(19-27(26)37(44,45)46)55-35(3,4)34(54)49(28)16-14-47-32(52)31(39)40/h5-6,9-10,18-19,21-22,25,31H,7-8,11-17,20H2,1-4H3,(H,47,52)/t22-,25+. The number of nitrogens with one attached hydrogen (secondary N) is 1. The van der Waals surface area contributed by atoms with E-state index >= 15 is 0 Å². The number of anilines is 1. The molecule has 0 unspecified atom stereocenters. The van der Waals surface area contributed by atoms with E-state index in [1.165, 1.54) is 30.9 Å². The van der Waals surface area contributed by atoms with Gasteiger partial charge in [0, 0.05) is 36.7 Å². The fourth-order valence-electron chi connectivity index (χ4n) is 7.02. The largest absolute Gasteiger partial charge is 0.476 e. The Labute approximate surface area is 318 Å². The zero-order valence-electron chi connectivity index (χ0n) is 30.6. The molecule has 9 nitrogen and oxygen atoms in total. The van der Waals surface area contributed by atoms with Gasteiger partial charge in [0.15, 0.2) is 5.60 Å². The van der Waals surface area contributed by atoms with Gasteiger partial charge in [-0.25, -0.2) is 0 Å². The average molecular weight is 811 g/mol. The number of carbonyl (C=O) groups excluding carboxylic acids is 4. The molecule has 1 aliphatic carbocycles. The van der Waals surface area contributed by atoms with Crippen molar-refractivity contribution in [3.8, 4) is 5.75 Å². The zero-order chi connectivity index (χ0) is 41.0. The van der Waals surface area contributed by atoms with E-state index in [9.17, 15) is 54.3 Å². The summed E-state index contributed by atoms with van der Waals surface area (Å²) in [5.74, 6) is -4.55. The van der Waals surface area contributed by atoms with E-state index in [4.69, 9.17) is 16.3 Å². The number of halogens is 9. The average Bonchev–Trinajstić information content (AvgIpc) is 3.08. The minimum atomic E-state index is -5.04. The molecule has 4 rings (SSSR count). The Hall–Kier alpha value is -4.15. The molecule has 0 saturated heterocycles. The summed E-state index contributed by atoms with van der Waals surface area (Å²) in [6.45, 7) is 3.38. The van der Waals surface area contributed by atoms with Gasteiger partial charge in [-0.3, -0.25) is 19.2 Å². The molecular formula is C37H43ClF8N4O5. The van der Waals surface area contributed by atoms with Crippen LogP contribution in [0.15, 0.2) is 36.4 Å². The Morgan fingerprint density at radius 3 is 2.16 bits per heavy atom. The van der Waals surface area contributed by atoms with Crippen molar-refractivity contribution in [2.24, 2.45) is 5.92 Å². The van der Waals surface area contributed by atoms with Gasteiger partial charge in [0.05, 0.1) is 23.2 Å². The van der Waals surface area contributed by atoms with E-state index in [0.717, 1.165) is 15.9 Å². The van der Waals surface area contributed by atoms with Gasteiger partial charge in [-0.2, -0.15) is 35.1 Å². The molecular weight excluding hydrogens is 768 g/mol. The third-order valence-corrected chi connectivity index (χ3v) is 9.94. The summed E-state index contributed by atoms with van der Waals surface area (Å²) in [5.41, 5.74) is -3.48. The molecule has 4 amide bonds. The Balaban J connectivity index is 1.53. The SMILES string of the molecule is CC(C)N(C(=O)c1cc2c(cc1C(F)(F)F)OC(C)(C)C(=O)N2CCNC(=O)C(F)F)[C@H]1CC[C@@H](CCN(CC(F)(F)F)C(=O)Cc2ccc(Cl)cc2)CC1. The van der Waals surface area contributed by atoms with Gasteiger partial charge < -0.3 is 24.8 Å². The van der Waals surface area contributed by atoms with Gasteiger partial charge in [0.25, 0.3) is 17.7 Å². The zero-order valence-corrected chi connectivity index (χ0v) is 31.4. The number of hydrogen-bond donors (Lipinski definition) is 1. The Bertz CT molecular complexity index is 1710. The second-order valence-corrected chi connectivity index (χ2v) is 15.0. The number of alkyl halides is 8. The molecule has 1 heterocycles. The van der Waals surface area contributed by atoms with Crippen LogP contribution in [0.1, 0.15) is 81.3 Å². The number of rotatable bonds is 13. The van der Waals surface area contributed by atoms with Gasteiger partial charge in [-0.15, -0.1) is 0 Å². The highest BCUT2D eigenvalue weighted by Crippen LogP contribution is 2.45. The minimum absolute atomic E-state index is 0.125. The van der Waals surface area contributed by atoms with Gasteiger partial charge in [-0.1, -0.05) is 23.7 Å². The lowest BCUT2D eigenvalue weighted by Gasteiger charge is -2.41. The summed E-state index contributed by atoms with van der Waals surface area (Å²) in [4.78, 5) is 55.0. The third-order valence-electron chi connectivity index (χ3n) is 9.68. The van der Waals surface area contributed by atoms with Crippen molar-refractivity contribution in [3.63, 3.8) is 0 Å². The maximum absolute atomic E-state index is 14.6. The fourth-order valence-corrected chi connectivity index (χ4v) is 7.15. The van der Waals surface area contributed by atoms with Gasteiger partial charge in [-0.05, 0) is 95.5 Å². The fraction of sp³-hybridized carbons (Fsp3) is 0.568. The molecule has 0 atom stereocenters. The molecule has 1 saturated carbocycles. The van der Waals surface area contributed by atoms with Crippen LogP contribution in [0.3, 0.4) is 0 Å². The van der Waals surface area contributed by atoms with Crippen molar-refractivity contribution in [2.45, 2.75) is 103 Å². The Kier molecular flexibility index (Phi) is 13.7. The molecule has 0 radical (unpaired) electrons. The maximum Gasteiger partial charge on any atom is 0.417 e. The topological polar surface area (TPSA) is 99.3 Å². The molecule has 1 aliphatic heterocycles. The van der Waals surface area contributed by atoms with Crippen LogP contribution >= 0.6 is 11.6 Å². The van der Waals surface area contributed by atoms with Crippen molar-refractivity contribution < 1.29 is 59.0 Å². The summed E-state index contributed by atoms with van der Waals surface area (Å²) in [6.07, 6.45) is -11.5. The van der Waals surface area contributed by atoms with Crippen LogP contribution < -0.4 is 15.0 Å². The highest BCUT2D eigenvalue weighted by atomic mass is 35.5. The predicted molar refractivity (Wildman–Crippen MR) is 187 cm³/mol. The molecule has 18 heteroatoms. The van der Waals surface area contributed by atoms with Crippen molar-refractivity contribution in [1.29, 1.82) is 0 Å². The molecule has 1 N–H and O–H groups in total. The smallest absolute Gasteiger partial charge is 0.417 e. The molecule has 0 bridgehead atoms. The quantitative estimate of drug-likeness (QED) is 0.210. The summed E-state index contributed by atoms with van der Waals surface area (Å²) in [5, 5.41) is 2.36. The lowest BCUT2D eigenvalue weighted by Crippen LogP contribution is -2.54. The molecule has 1 fully saturated rings. The lowest BCUT2D eigenvalue weighted by molar-refractivity contribution is -0.161. The van der Waals surface area contributed by atoms with Crippen LogP contribution in [0.4, 0.5) is 40.8 Å². The highest BCUT2D eigenvalue weighted by molar-refractivity contribution is 6.30. The second kappa shape index (κ2) is 17.3. The maximum atomic E-state index is 14.6. The normalized spacial score (nSPS) is 18.5. The second-order valence-electron chi connectivity index (χ2n) is 14.5. The molecule has 0 aromatic heterocycles. The van der Waals surface area contributed by atoms with E-state index in [2.05, 4.69) is 0 Å². The molecule has 2 aromatic rings. The summed E-state index contributed by atoms with van der Waals surface area (Å²) in [7, 11) is 0. The van der Waals surface area contributed by atoms with E-state index in [1.54, 1.807) is 26.0 Å². The molecule has 55 heavy (non-hydrogen) atoms. The summed E-state index contributed by atoms with van der Waals surface area (Å²) < 4.78 is 115. The first-order valence-corrected chi connectivity index (χ1v) is 18.1. The highest BCUT2D eigenvalue weighted by Gasteiger charge is 2.45. The van der Waals surface area contributed by atoms with Crippen molar-refractivity contribution in [2.75, 3.05) is 31.1 Å². The number of benzene rings is 2. The summed E-state index contributed by atoms with van der Waals surface area (Å²) in [6, 6.07) is 6.55. The van der Waals surface area contributed by atoms with Gasteiger partial charge in [0.1, 0.15) is 12.3 Å². The van der Waals surface area contributed by atoms with Crippen LogP contribution in [-0.4, -0.2) is 89.9 Å². The number of ether oxygens (including phenoxy) is 1. The van der Waals surface area contributed by atoms with Crippen LogP contribution in [0.25, 0.3) is 0 Å². The van der Waals surface area contributed by atoms with E-state index in [0.29, 0.717) is 42.3 Å². The minimum Gasteiger partial charge on any atom is -0.476 e. The van der Waals surface area contributed by atoms with Crippen LogP contribution in [-0.2, 0) is 27.0 Å². The van der Waals surface area contributed by atoms with E-state index in [1.807, 2.05) is 5.32 Å². The lowest BCUT2D eigenvalue weighted by atomic mass is 9.82.